The van der Waals surface area contributed by atoms with E-state index >= 15 is 0 Å². The van der Waals surface area contributed by atoms with Gasteiger partial charge in [-0.05, 0) is 44.7 Å². The van der Waals surface area contributed by atoms with E-state index in [9.17, 15) is 9.59 Å². The van der Waals surface area contributed by atoms with E-state index in [-0.39, 0.29) is 18.2 Å². The third-order valence-corrected chi connectivity index (χ3v) is 4.87. The van der Waals surface area contributed by atoms with Gasteiger partial charge in [0.05, 0.1) is 6.04 Å². The SMILES string of the molecule is CC(C)(C)OC(=O)N[C@@H](Cc1ccccc1)C[C@@H]1OC(=O)N[C@H]1Cc1ccccc1. The molecule has 3 atom stereocenters. The van der Waals surface area contributed by atoms with Gasteiger partial charge in [0, 0.05) is 12.5 Å². The maximum absolute atomic E-state index is 12.4. The van der Waals surface area contributed by atoms with Crippen molar-refractivity contribution in [2.45, 2.75) is 63.8 Å². The fourth-order valence-electron chi connectivity index (χ4n) is 3.61. The number of hydrogen-bond donors (Lipinski definition) is 2. The molecule has 30 heavy (non-hydrogen) atoms. The number of hydrogen-bond acceptors (Lipinski definition) is 4. The molecule has 0 bridgehead atoms. The zero-order valence-corrected chi connectivity index (χ0v) is 17.8. The van der Waals surface area contributed by atoms with Crippen LogP contribution in [-0.4, -0.2) is 36.0 Å². The van der Waals surface area contributed by atoms with E-state index in [1.165, 1.54) is 0 Å². The Labute approximate surface area is 178 Å². The lowest BCUT2D eigenvalue weighted by atomic mass is 9.94. The Morgan fingerprint density at radius 1 is 1.07 bits per heavy atom. The summed E-state index contributed by atoms with van der Waals surface area (Å²) in [6.45, 7) is 5.49. The summed E-state index contributed by atoms with van der Waals surface area (Å²) in [5.41, 5.74) is 1.63. The van der Waals surface area contributed by atoms with Crippen LogP contribution in [0.1, 0.15) is 38.3 Å². The molecule has 0 spiro atoms. The van der Waals surface area contributed by atoms with Crippen LogP contribution in [0.15, 0.2) is 60.7 Å². The normalized spacial score (nSPS) is 19.5. The lowest BCUT2D eigenvalue weighted by Gasteiger charge is -2.26. The van der Waals surface area contributed by atoms with Crippen LogP contribution in [-0.2, 0) is 22.3 Å². The molecule has 6 nitrogen and oxygen atoms in total. The van der Waals surface area contributed by atoms with Gasteiger partial charge in [0.1, 0.15) is 11.7 Å². The van der Waals surface area contributed by atoms with E-state index < -0.39 is 17.8 Å². The van der Waals surface area contributed by atoms with E-state index in [0.29, 0.717) is 19.3 Å². The standard InChI is InChI=1S/C24H30N2O4/c1-24(2,3)30-23(28)25-19(14-17-10-6-4-7-11-17)16-21-20(26-22(27)29-21)15-18-12-8-5-9-13-18/h4-13,19-21H,14-16H2,1-3H3,(H,25,28)(H,26,27)/t19-,20-,21-/m0/s1. The number of amides is 2. The van der Waals surface area contributed by atoms with E-state index in [4.69, 9.17) is 9.47 Å². The van der Waals surface area contributed by atoms with Gasteiger partial charge in [-0.3, -0.25) is 0 Å². The summed E-state index contributed by atoms with van der Waals surface area (Å²) in [4.78, 5) is 24.4. The highest BCUT2D eigenvalue weighted by Crippen LogP contribution is 2.21. The molecule has 1 fully saturated rings. The molecule has 1 aliphatic heterocycles. The van der Waals surface area contributed by atoms with Crippen molar-refractivity contribution < 1.29 is 19.1 Å². The molecule has 1 saturated heterocycles. The molecule has 0 aromatic heterocycles. The monoisotopic (exact) mass is 410 g/mol. The Balaban J connectivity index is 1.71. The minimum Gasteiger partial charge on any atom is -0.444 e. The van der Waals surface area contributed by atoms with Crippen molar-refractivity contribution in [2.24, 2.45) is 0 Å². The molecule has 1 aliphatic rings. The van der Waals surface area contributed by atoms with Crippen molar-refractivity contribution in [1.29, 1.82) is 0 Å². The zero-order valence-electron chi connectivity index (χ0n) is 17.8. The summed E-state index contributed by atoms with van der Waals surface area (Å²) in [5, 5.41) is 5.88. The fraction of sp³-hybridized carbons (Fsp3) is 0.417. The summed E-state index contributed by atoms with van der Waals surface area (Å²) < 4.78 is 11.0. The second kappa shape index (κ2) is 9.65. The topological polar surface area (TPSA) is 76.7 Å². The predicted molar refractivity (Wildman–Crippen MR) is 115 cm³/mol. The van der Waals surface area contributed by atoms with E-state index in [2.05, 4.69) is 10.6 Å². The summed E-state index contributed by atoms with van der Waals surface area (Å²) in [6, 6.07) is 19.5. The first-order valence-corrected chi connectivity index (χ1v) is 10.3. The summed E-state index contributed by atoms with van der Waals surface area (Å²) in [5.74, 6) is 0. The van der Waals surface area contributed by atoms with Crippen molar-refractivity contribution >= 4 is 12.2 Å². The molecular formula is C24H30N2O4. The highest BCUT2D eigenvalue weighted by atomic mass is 16.6. The van der Waals surface area contributed by atoms with Crippen molar-refractivity contribution in [3.63, 3.8) is 0 Å². The van der Waals surface area contributed by atoms with Gasteiger partial charge >= 0.3 is 12.2 Å². The molecule has 2 amide bonds. The number of rotatable bonds is 7. The molecule has 2 N–H and O–H groups in total. The lowest BCUT2D eigenvalue weighted by Crippen LogP contribution is -2.44. The van der Waals surface area contributed by atoms with Crippen LogP contribution in [0.4, 0.5) is 9.59 Å². The Bertz CT molecular complexity index is 833. The number of carbonyl (C=O) groups excluding carboxylic acids is 2. The molecule has 0 unspecified atom stereocenters. The highest BCUT2D eigenvalue weighted by molar-refractivity contribution is 5.70. The minimum atomic E-state index is -0.585. The van der Waals surface area contributed by atoms with Crippen molar-refractivity contribution in [1.82, 2.24) is 10.6 Å². The highest BCUT2D eigenvalue weighted by Gasteiger charge is 2.36. The Morgan fingerprint density at radius 3 is 2.27 bits per heavy atom. The molecule has 6 heteroatoms. The predicted octanol–water partition coefficient (Wildman–Crippen LogP) is 4.23. The van der Waals surface area contributed by atoms with E-state index in [1.807, 2.05) is 81.4 Å². The second-order valence-corrected chi connectivity index (χ2v) is 8.65. The molecular weight excluding hydrogens is 380 g/mol. The van der Waals surface area contributed by atoms with Crippen molar-refractivity contribution in [3.05, 3.63) is 71.8 Å². The third-order valence-electron chi connectivity index (χ3n) is 4.87. The first-order chi connectivity index (χ1) is 14.3. The van der Waals surface area contributed by atoms with Crippen molar-refractivity contribution in [2.75, 3.05) is 0 Å². The third kappa shape index (κ3) is 6.79. The van der Waals surface area contributed by atoms with Gasteiger partial charge in [-0.25, -0.2) is 9.59 Å². The van der Waals surface area contributed by atoms with Crippen LogP contribution in [0.3, 0.4) is 0 Å². The Morgan fingerprint density at radius 2 is 1.67 bits per heavy atom. The van der Waals surface area contributed by atoms with E-state index in [1.54, 1.807) is 0 Å². The van der Waals surface area contributed by atoms with Gasteiger partial charge in [-0.2, -0.15) is 0 Å². The van der Waals surface area contributed by atoms with E-state index in [0.717, 1.165) is 11.1 Å². The van der Waals surface area contributed by atoms with Crippen LogP contribution < -0.4 is 10.6 Å². The number of benzene rings is 2. The number of carbonyl (C=O) groups is 2. The molecule has 2 aromatic carbocycles. The molecule has 0 radical (unpaired) electrons. The Hall–Kier alpha value is -3.02. The second-order valence-electron chi connectivity index (χ2n) is 8.65. The zero-order chi connectivity index (χ0) is 21.6. The minimum absolute atomic E-state index is 0.154. The smallest absolute Gasteiger partial charge is 0.407 e. The maximum atomic E-state index is 12.4. The largest absolute Gasteiger partial charge is 0.444 e. The number of cyclic esters (lactones) is 1. The molecule has 0 saturated carbocycles. The fourth-order valence-corrected chi connectivity index (χ4v) is 3.61. The quantitative estimate of drug-likeness (QED) is 0.716. The average molecular weight is 411 g/mol. The van der Waals surface area contributed by atoms with Gasteiger partial charge in [0.25, 0.3) is 0 Å². The molecule has 0 aliphatic carbocycles. The van der Waals surface area contributed by atoms with Gasteiger partial charge in [0.15, 0.2) is 0 Å². The number of alkyl carbamates (subject to hydrolysis) is 2. The molecule has 1 heterocycles. The van der Waals surface area contributed by atoms with Crippen LogP contribution in [0.5, 0.6) is 0 Å². The first kappa shape index (κ1) is 21.7. The summed E-state index contributed by atoms with van der Waals surface area (Å²) >= 11 is 0. The van der Waals surface area contributed by atoms with Gasteiger partial charge in [0.2, 0.25) is 0 Å². The van der Waals surface area contributed by atoms with Crippen LogP contribution >= 0.6 is 0 Å². The number of ether oxygens (including phenoxy) is 2. The summed E-state index contributed by atoms with van der Waals surface area (Å²) in [6.07, 6.45) is 0.538. The van der Waals surface area contributed by atoms with Crippen LogP contribution in [0.2, 0.25) is 0 Å². The molecule has 3 rings (SSSR count). The van der Waals surface area contributed by atoms with Gasteiger partial charge < -0.3 is 20.1 Å². The summed E-state index contributed by atoms with van der Waals surface area (Å²) in [7, 11) is 0. The lowest BCUT2D eigenvalue weighted by molar-refractivity contribution is 0.0482. The van der Waals surface area contributed by atoms with Gasteiger partial charge in [-0.15, -0.1) is 0 Å². The first-order valence-electron chi connectivity index (χ1n) is 10.3. The average Bonchev–Trinajstić information content (AvgIpc) is 3.00. The van der Waals surface area contributed by atoms with Crippen LogP contribution in [0, 0.1) is 0 Å². The maximum Gasteiger partial charge on any atom is 0.407 e. The van der Waals surface area contributed by atoms with Crippen LogP contribution in [0.25, 0.3) is 0 Å². The molecule has 2 aromatic rings. The number of nitrogens with one attached hydrogen (secondary N) is 2. The van der Waals surface area contributed by atoms with Crippen molar-refractivity contribution in [3.8, 4) is 0 Å². The van der Waals surface area contributed by atoms with Gasteiger partial charge in [-0.1, -0.05) is 60.7 Å². The Kier molecular flexibility index (Phi) is 6.98. The molecule has 160 valence electrons.